The van der Waals surface area contributed by atoms with E-state index in [1.165, 1.54) is 31.2 Å². The Morgan fingerprint density at radius 3 is 2.88 bits per heavy atom. The van der Waals surface area contributed by atoms with Crippen LogP contribution in [0, 0.1) is 6.92 Å². The molecule has 0 bridgehead atoms. The summed E-state index contributed by atoms with van der Waals surface area (Å²) >= 11 is 0. The minimum absolute atomic E-state index is 0.600. The molecule has 0 saturated heterocycles. The summed E-state index contributed by atoms with van der Waals surface area (Å²) < 4.78 is 2.29. The molecule has 2 aromatic rings. The summed E-state index contributed by atoms with van der Waals surface area (Å²) in [4.78, 5) is 9.37. The maximum absolute atomic E-state index is 4.75. The van der Waals surface area contributed by atoms with E-state index in [4.69, 9.17) is 4.99 Å². The van der Waals surface area contributed by atoms with Crippen molar-refractivity contribution < 1.29 is 0 Å². The second kappa shape index (κ2) is 8.18. The average Bonchev–Trinajstić information content (AvgIpc) is 3.19. The highest BCUT2D eigenvalue weighted by molar-refractivity contribution is 5.80. The minimum atomic E-state index is 0.600. The quantitative estimate of drug-likeness (QED) is 0.486. The number of hydrogen-bond acceptors (Lipinski definition) is 2. The van der Waals surface area contributed by atoms with Gasteiger partial charge in [0, 0.05) is 25.7 Å². The van der Waals surface area contributed by atoms with Crippen molar-refractivity contribution in [3.63, 3.8) is 0 Å². The van der Waals surface area contributed by atoms with E-state index in [1.807, 2.05) is 6.07 Å². The van der Waals surface area contributed by atoms with Crippen LogP contribution in [0.2, 0.25) is 0 Å². The van der Waals surface area contributed by atoms with Gasteiger partial charge in [0.05, 0.1) is 11.0 Å². The Kier molecular flexibility index (Phi) is 5.72. The van der Waals surface area contributed by atoms with Crippen LogP contribution in [0.25, 0.3) is 11.0 Å². The number of aryl methyl sites for hydroxylation is 2. The van der Waals surface area contributed by atoms with Gasteiger partial charge in [0.2, 0.25) is 0 Å². The summed E-state index contributed by atoms with van der Waals surface area (Å²) in [7, 11) is 0. The Balaban J connectivity index is 1.56. The van der Waals surface area contributed by atoms with E-state index in [-0.39, 0.29) is 0 Å². The van der Waals surface area contributed by atoms with Gasteiger partial charge in [-0.2, -0.15) is 0 Å². The molecule has 0 atom stereocenters. The molecule has 3 rings (SSSR count). The molecule has 1 fully saturated rings. The number of guanidine groups is 1. The van der Waals surface area contributed by atoms with Gasteiger partial charge in [-0.25, -0.2) is 4.98 Å². The van der Waals surface area contributed by atoms with Crippen molar-refractivity contribution in [2.75, 3.05) is 13.1 Å². The van der Waals surface area contributed by atoms with Crippen LogP contribution in [0.5, 0.6) is 0 Å². The summed E-state index contributed by atoms with van der Waals surface area (Å²) in [5, 5.41) is 6.94. The van der Waals surface area contributed by atoms with Gasteiger partial charge < -0.3 is 15.2 Å². The summed E-state index contributed by atoms with van der Waals surface area (Å²) in [6.07, 6.45) is 6.23. The fourth-order valence-electron chi connectivity index (χ4n) is 3.48. The van der Waals surface area contributed by atoms with E-state index < -0.39 is 0 Å². The largest absolute Gasteiger partial charge is 0.357 e. The third kappa shape index (κ3) is 4.08. The van der Waals surface area contributed by atoms with Gasteiger partial charge in [-0.1, -0.05) is 25.0 Å². The number of para-hydroxylation sites is 2. The number of hydrogen-bond donors (Lipinski definition) is 2. The van der Waals surface area contributed by atoms with Crippen molar-refractivity contribution in [1.82, 2.24) is 20.2 Å². The van der Waals surface area contributed by atoms with E-state index in [1.54, 1.807) is 0 Å². The molecule has 1 aromatic heterocycles. The predicted octanol–water partition coefficient (Wildman–Crippen LogP) is 3.23. The number of nitrogens with one attached hydrogen (secondary N) is 2. The fourth-order valence-corrected chi connectivity index (χ4v) is 3.48. The Morgan fingerprint density at radius 1 is 1.29 bits per heavy atom. The van der Waals surface area contributed by atoms with Gasteiger partial charge in [-0.15, -0.1) is 0 Å². The summed E-state index contributed by atoms with van der Waals surface area (Å²) in [5.74, 6) is 2.05. The molecule has 5 nitrogen and oxygen atoms in total. The molecule has 0 amide bonds. The zero-order valence-corrected chi connectivity index (χ0v) is 14.9. The van der Waals surface area contributed by atoms with E-state index in [0.29, 0.717) is 6.04 Å². The van der Waals surface area contributed by atoms with E-state index >= 15 is 0 Å². The fraction of sp³-hybridized carbons (Fsp3) is 0.579. The number of rotatable bonds is 6. The number of imidazole rings is 1. The average molecular weight is 327 g/mol. The molecule has 0 unspecified atom stereocenters. The van der Waals surface area contributed by atoms with E-state index in [0.717, 1.165) is 43.4 Å². The molecule has 1 aromatic carbocycles. The van der Waals surface area contributed by atoms with Crippen molar-refractivity contribution in [2.45, 2.75) is 58.5 Å². The lowest BCUT2D eigenvalue weighted by molar-refractivity contribution is 0.607. The molecule has 5 heteroatoms. The van der Waals surface area contributed by atoms with Gasteiger partial charge in [0.1, 0.15) is 5.82 Å². The second-order valence-electron chi connectivity index (χ2n) is 6.54. The Bertz CT molecular complexity index is 682. The Hall–Kier alpha value is -2.04. The number of fused-ring (bicyclic) bond motifs is 1. The normalized spacial score (nSPS) is 16.0. The summed E-state index contributed by atoms with van der Waals surface area (Å²) in [6, 6.07) is 8.94. The van der Waals surface area contributed by atoms with Gasteiger partial charge in [-0.3, -0.25) is 4.99 Å². The molecule has 1 saturated carbocycles. The lowest BCUT2D eigenvalue weighted by Gasteiger charge is -2.16. The standard InChI is InChI=1S/C19H29N5/c1-3-20-19(23-16-9-4-5-10-16)21-13-8-14-24-15(2)22-17-11-6-7-12-18(17)24/h6-7,11-12,16H,3-5,8-10,13-14H2,1-2H3,(H2,20,21,23). The monoisotopic (exact) mass is 327 g/mol. The number of benzene rings is 1. The van der Waals surface area contributed by atoms with Crippen molar-refractivity contribution in [1.29, 1.82) is 0 Å². The van der Waals surface area contributed by atoms with Gasteiger partial charge >= 0.3 is 0 Å². The van der Waals surface area contributed by atoms with Gasteiger partial charge in [-0.05, 0) is 45.2 Å². The van der Waals surface area contributed by atoms with E-state index in [2.05, 4.69) is 52.2 Å². The highest BCUT2D eigenvalue weighted by Gasteiger charge is 2.15. The molecule has 2 N–H and O–H groups in total. The van der Waals surface area contributed by atoms with Crippen LogP contribution < -0.4 is 10.6 Å². The Morgan fingerprint density at radius 2 is 2.08 bits per heavy atom. The maximum Gasteiger partial charge on any atom is 0.191 e. The first-order chi connectivity index (χ1) is 11.8. The summed E-state index contributed by atoms with van der Waals surface area (Å²) in [5.41, 5.74) is 2.30. The van der Waals surface area contributed by atoms with Crippen LogP contribution in [-0.4, -0.2) is 34.6 Å². The molecule has 24 heavy (non-hydrogen) atoms. The van der Waals surface area contributed by atoms with Crippen LogP contribution in [0.1, 0.15) is 44.9 Å². The molecular weight excluding hydrogens is 298 g/mol. The zero-order chi connectivity index (χ0) is 16.8. The van der Waals surface area contributed by atoms with Crippen LogP contribution in [-0.2, 0) is 6.54 Å². The lowest BCUT2D eigenvalue weighted by atomic mass is 10.2. The topological polar surface area (TPSA) is 54.2 Å². The smallest absolute Gasteiger partial charge is 0.191 e. The second-order valence-corrected chi connectivity index (χ2v) is 6.54. The van der Waals surface area contributed by atoms with Crippen molar-refractivity contribution in [3.8, 4) is 0 Å². The summed E-state index contributed by atoms with van der Waals surface area (Å²) in [6.45, 7) is 6.89. The van der Waals surface area contributed by atoms with Crippen molar-refractivity contribution in [3.05, 3.63) is 30.1 Å². The van der Waals surface area contributed by atoms with Crippen LogP contribution in [0.4, 0.5) is 0 Å². The number of nitrogens with zero attached hydrogens (tertiary/aromatic N) is 3. The molecule has 1 heterocycles. The van der Waals surface area contributed by atoms with Gasteiger partial charge in [0.15, 0.2) is 5.96 Å². The Labute approximate surface area is 144 Å². The molecular formula is C19H29N5. The molecule has 1 aliphatic rings. The third-order valence-corrected chi connectivity index (χ3v) is 4.70. The predicted molar refractivity (Wildman–Crippen MR) is 100 cm³/mol. The third-order valence-electron chi connectivity index (χ3n) is 4.70. The van der Waals surface area contributed by atoms with Crippen LogP contribution in [0.3, 0.4) is 0 Å². The first-order valence-corrected chi connectivity index (χ1v) is 9.24. The van der Waals surface area contributed by atoms with E-state index in [9.17, 15) is 0 Å². The minimum Gasteiger partial charge on any atom is -0.357 e. The molecule has 0 spiro atoms. The number of aliphatic imine (C=N–C) groups is 1. The molecule has 130 valence electrons. The first-order valence-electron chi connectivity index (χ1n) is 9.24. The molecule has 0 radical (unpaired) electrons. The SMILES string of the molecule is CCNC(=NCCCn1c(C)nc2ccccc21)NC1CCCC1. The lowest BCUT2D eigenvalue weighted by Crippen LogP contribution is -2.42. The van der Waals surface area contributed by atoms with Crippen LogP contribution >= 0.6 is 0 Å². The first kappa shape index (κ1) is 16.8. The molecule has 0 aliphatic heterocycles. The maximum atomic E-state index is 4.75. The van der Waals surface area contributed by atoms with Crippen LogP contribution in [0.15, 0.2) is 29.3 Å². The zero-order valence-electron chi connectivity index (χ0n) is 14.9. The molecule has 1 aliphatic carbocycles. The van der Waals surface area contributed by atoms with Gasteiger partial charge in [0.25, 0.3) is 0 Å². The number of aromatic nitrogens is 2. The highest BCUT2D eigenvalue weighted by Crippen LogP contribution is 2.17. The van der Waals surface area contributed by atoms with Crippen molar-refractivity contribution >= 4 is 17.0 Å². The van der Waals surface area contributed by atoms with Crippen molar-refractivity contribution in [2.24, 2.45) is 4.99 Å². The highest BCUT2D eigenvalue weighted by atomic mass is 15.2.